The van der Waals surface area contributed by atoms with Gasteiger partial charge in [0.1, 0.15) is 10.6 Å². The molecule has 0 radical (unpaired) electrons. The number of rotatable bonds is 5. The Morgan fingerprint density at radius 2 is 2.16 bits per heavy atom. The normalized spacial score (nSPS) is 18.3. The second kappa shape index (κ2) is 8.08. The number of β-amino-alcohol motifs (C(OH)–C–C–N with tert-alkyl or cyclic N) is 1. The van der Waals surface area contributed by atoms with Gasteiger partial charge in [0.15, 0.2) is 0 Å². The average Bonchev–Trinajstić information content (AvgIpc) is 3.37. The zero-order valence-corrected chi connectivity index (χ0v) is 17.7. The molecule has 1 atom stereocenters. The molecule has 31 heavy (non-hydrogen) atoms. The van der Waals surface area contributed by atoms with Gasteiger partial charge in [0.2, 0.25) is 11.8 Å². The summed E-state index contributed by atoms with van der Waals surface area (Å²) in [7, 11) is 1.34. The Kier molecular flexibility index (Phi) is 5.46. The minimum Gasteiger partial charge on any atom is -0.479 e. The van der Waals surface area contributed by atoms with E-state index in [1.54, 1.807) is 6.20 Å². The molecule has 4 rings (SSSR count). The molecule has 1 aliphatic heterocycles. The van der Waals surface area contributed by atoms with Crippen molar-refractivity contribution in [1.29, 1.82) is 0 Å². The molecular weight excluding hydrogens is 423 g/mol. The number of amides is 2. The SMILES string of the molecule is COc1nc(Nc2cc(C)cc(-c3cnc(C4(O)CCN(C(N)=O)C4)s3)c2)ncc1F. The molecule has 162 valence electrons. The van der Waals surface area contributed by atoms with Crippen LogP contribution in [0.3, 0.4) is 0 Å². The number of carbonyl (C=O) groups is 1. The number of urea groups is 1. The van der Waals surface area contributed by atoms with Gasteiger partial charge < -0.3 is 25.8 Å². The lowest BCUT2D eigenvalue weighted by atomic mass is 10.1. The Morgan fingerprint density at radius 3 is 2.87 bits per heavy atom. The molecule has 3 heterocycles. The molecule has 9 nitrogen and oxygen atoms in total. The van der Waals surface area contributed by atoms with Crippen LogP contribution in [-0.2, 0) is 5.60 Å². The van der Waals surface area contributed by atoms with E-state index in [4.69, 9.17) is 10.5 Å². The van der Waals surface area contributed by atoms with E-state index < -0.39 is 17.4 Å². The summed E-state index contributed by atoms with van der Waals surface area (Å²) >= 11 is 1.36. The van der Waals surface area contributed by atoms with E-state index >= 15 is 0 Å². The molecule has 0 saturated carbocycles. The standard InChI is InChI=1S/C20H21FN6O3S/c1-11-5-12(7-13(6-11)25-19-24-8-14(21)16(26-19)30-2)15-9-23-17(31-15)20(29)3-4-27(10-20)18(22)28/h5-9,29H,3-4,10H2,1-2H3,(H2,22,28)(H,24,25,26). The van der Waals surface area contributed by atoms with Gasteiger partial charge >= 0.3 is 6.03 Å². The Morgan fingerprint density at radius 1 is 1.35 bits per heavy atom. The summed E-state index contributed by atoms with van der Waals surface area (Å²) in [6.07, 6.45) is 3.12. The number of primary amides is 1. The van der Waals surface area contributed by atoms with E-state index in [9.17, 15) is 14.3 Å². The number of halogens is 1. The number of nitrogens with one attached hydrogen (secondary N) is 1. The van der Waals surface area contributed by atoms with E-state index in [1.165, 1.54) is 23.3 Å². The van der Waals surface area contributed by atoms with Crippen LogP contribution >= 0.6 is 11.3 Å². The van der Waals surface area contributed by atoms with Crippen molar-refractivity contribution in [2.24, 2.45) is 5.73 Å². The Balaban J connectivity index is 1.59. The predicted molar refractivity (Wildman–Crippen MR) is 114 cm³/mol. The number of likely N-dealkylation sites (tertiary alicyclic amines) is 1. The van der Waals surface area contributed by atoms with Crippen molar-refractivity contribution in [1.82, 2.24) is 19.9 Å². The van der Waals surface area contributed by atoms with Crippen LogP contribution in [0.2, 0.25) is 0 Å². The Hall–Kier alpha value is -3.31. The molecule has 1 saturated heterocycles. The van der Waals surface area contributed by atoms with Gasteiger partial charge in [-0.2, -0.15) is 9.37 Å². The zero-order valence-electron chi connectivity index (χ0n) is 16.9. The second-order valence-corrected chi connectivity index (χ2v) is 8.37. The van der Waals surface area contributed by atoms with E-state index in [0.717, 1.165) is 22.2 Å². The first-order valence-electron chi connectivity index (χ1n) is 9.46. The number of carbonyl (C=O) groups excluding carboxylic acids is 1. The maximum absolute atomic E-state index is 13.6. The van der Waals surface area contributed by atoms with Crippen molar-refractivity contribution >= 4 is 29.0 Å². The second-order valence-electron chi connectivity index (χ2n) is 7.33. The molecule has 1 aliphatic rings. The summed E-state index contributed by atoms with van der Waals surface area (Å²) in [6, 6.07) is 5.22. The van der Waals surface area contributed by atoms with Gasteiger partial charge in [-0.1, -0.05) is 6.07 Å². The van der Waals surface area contributed by atoms with E-state index in [2.05, 4.69) is 20.3 Å². The highest BCUT2D eigenvalue weighted by Crippen LogP contribution is 2.38. The number of anilines is 2. The first kappa shape index (κ1) is 20.9. The monoisotopic (exact) mass is 444 g/mol. The van der Waals surface area contributed by atoms with E-state index in [0.29, 0.717) is 23.7 Å². The lowest BCUT2D eigenvalue weighted by Gasteiger charge is -2.19. The minimum absolute atomic E-state index is 0.125. The lowest BCUT2D eigenvalue weighted by Crippen LogP contribution is -2.37. The summed E-state index contributed by atoms with van der Waals surface area (Å²) in [5.41, 5.74) is 6.69. The molecule has 11 heteroatoms. The molecule has 0 aliphatic carbocycles. The first-order valence-corrected chi connectivity index (χ1v) is 10.3. The summed E-state index contributed by atoms with van der Waals surface area (Å²) in [6.45, 7) is 2.46. The van der Waals surface area contributed by atoms with Crippen LogP contribution in [0.4, 0.5) is 20.8 Å². The largest absolute Gasteiger partial charge is 0.479 e. The molecule has 3 aromatic rings. The fourth-order valence-electron chi connectivity index (χ4n) is 3.46. The van der Waals surface area contributed by atoms with Gasteiger partial charge in [0.05, 0.1) is 24.7 Å². The summed E-state index contributed by atoms with van der Waals surface area (Å²) in [4.78, 5) is 26.0. The fraction of sp³-hybridized carbons (Fsp3) is 0.300. The third kappa shape index (κ3) is 4.28. The molecule has 0 bridgehead atoms. The average molecular weight is 444 g/mol. The number of hydrogen-bond donors (Lipinski definition) is 3. The van der Waals surface area contributed by atoms with E-state index in [-0.39, 0.29) is 18.4 Å². The van der Waals surface area contributed by atoms with Crippen LogP contribution in [0.5, 0.6) is 5.88 Å². The topological polar surface area (TPSA) is 126 Å². The summed E-state index contributed by atoms with van der Waals surface area (Å²) in [5.74, 6) is -0.589. The van der Waals surface area contributed by atoms with Crippen molar-refractivity contribution in [3.63, 3.8) is 0 Å². The Bertz CT molecular complexity index is 1140. The smallest absolute Gasteiger partial charge is 0.314 e. The highest BCUT2D eigenvalue weighted by molar-refractivity contribution is 7.15. The van der Waals surface area contributed by atoms with Gasteiger partial charge in [0.25, 0.3) is 5.88 Å². The summed E-state index contributed by atoms with van der Waals surface area (Å²) < 4.78 is 18.5. The van der Waals surface area contributed by atoms with Crippen LogP contribution in [0.25, 0.3) is 10.4 Å². The van der Waals surface area contributed by atoms with Crippen molar-refractivity contribution in [2.45, 2.75) is 18.9 Å². The van der Waals surface area contributed by atoms with Gasteiger partial charge in [0, 0.05) is 24.8 Å². The number of nitrogens with zero attached hydrogens (tertiary/aromatic N) is 4. The number of aryl methyl sites for hydroxylation is 1. The third-order valence-electron chi connectivity index (χ3n) is 4.99. The highest BCUT2D eigenvalue weighted by Gasteiger charge is 2.41. The van der Waals surface area contributed by atoms with Crippen LogP contribution < -0.4 is 15.8 Å². The van der Waals surface area contributed by atoms with Crippen LogP contribution in [0, 0.1) is 12.7 Å². The Labute approximate surface area is 181 Å². The highest BCUT2D eigenvalue weighted by atomic mass is 32.1. The maximum Gasteiger partial charge on any atom is 0.314 e. The fourth-order valence-corrected chi connectivity index (χ4v) is 4.47. The van der Waals surface area contributed by atoms with Crippen LogP contribution in [-0.4, -0.2) is 51.2 Å². The van der Waals surface area contributed by atoms with E-state index in [1.807, 2.05) is 25.1 Å². The van der Waals surface area contributed by atoms with Gasteiger partial charge in [-0.3, -0.25) is 0 Å². The van der Waals surface area contributed by atoms with Crippen molar-refractivity contribution in [2.75, 3.05) is 25.5 Å². The number of thiazole rings is 1. The predicted octanol–water partition coefficient (Wildman–Crippen LogP) is 2.77. The molecule has 1 unspecified atom stereocenters. The van der Waals surface area contributed by atoms with Gasteiger partial charge in [-0.25, -0.2) is 14.8 Å². The van der Waals surface area contributed by atoms with Gasteiger partial charge in [-0.15, -0.1) is 11.3 Å². The minimum atomic E-state index is -1.21. The maximum atomic E-state index is 13.6. The zero-order chi connectivity index (χ0) is 22.2. The molecule has 1 aromatic carbocycles. The van der Waals surface area contributed by atoms with Crippen LogP contribution in [0.15, 0.2) is 30.6 Å². The molecule has 2 amide bonds. The molecule has 0 spiro atoms. The molecule has 1 fully saturated rings. The first-order chi connectivity index (χ1) is 14.8. The van der Waals surface area contributed by atoms with Gasteiger partial charge in [-0.05, 0) is 30.2 Å². The number of methoxy groups -OCH3 is 1. The number of aliphatic hydroxyl groups is 1. The molecular formula is C20H21FN6O3S. The van der Waals surface area contributed by atoms with Crippen molar-refractivity contribution in [3.05, 3.63) is 47.0 Å². The van der Waals surface area contributed by atoms with Crippen molar-refractivity contribution < 1.29 is 19.0 Å². The summed E-state index contributed by atoms with van der Waals surface area (Å²) in [5, 5.41) is 14.5. The third-order valence-corrected chi connectivity index (χ3v) is 6.23. The number of benzene rings is 1. The lowest BCUT2D eigenvalue weighted by molar-refractivity contribution is 0.0496. The number of hydrogen-bond acceptors (Lipinski definition) is 8. The number of nitrogens with two attached hydrogens (primary N) is 1. The number of aromatic nitrogens is 3. The van der Waals surface area contributed by atoms with Crippen LogP contribution in [0.1, 0.15) is 17.0 Å². The van der Waals surface area contributed by atoms with Crippen molar-refractivity contribution in [3.8, 4) is 16.3 Å². The quantitative estimate of drug-likeness (QED) is 0.552. The number of ether oxygens (including phenoxy) is 1. The molecule has 2 aromatic heterocycles. The molecule has 4 N–H and O–H groups in total.